The monoisotopic (exact) mass is 676 g/mol. The summed E-state index contributed by atoms with van der Waals surface area (Å²) in [6.45, 7) is 2.23. The summed E-state index contributed by atoms with van der Waals surface area (Å²) in [5, 5.41) is 8.06. The molecule has 0 bridgehead atoms. The molecule has 2 aliphatic heterocycles. The van der Waals surface area contributed by atoms with E-state index >= 15 is 0 Å². The van der Waals surface area contributed by atoms with Gasteiger partial charge in [-0.15, -0.1) is 0 Å². The fourth-order valence-electron chi connectivity index (χ4n) is 6.77. The largest absolute Gasteiger partial charge is 0.493 e. The van der Waals surface area contributed by atoms with E-state index in [1.807, 2.05) is 48.5 Å². The van der Waals surface area contributed by atoms with Crippen LogP contribution in [0.25, 0.3) is 6.08 Å². The molecule has 0 aromatic heterocycles. The molecule has 2 unspecified atom stereocenters. The number of allylic oxidation sites excluding steroid dienone is 1. The third kappa shape index (κ3) is 6.84. The molecule has 1 saturated heterocycles. The number of benzene rings is 3. The Bertz CT molecular complexity index is 1680. The van der Waals surface area contributed by atoms with E-state index in [1.165, 1.54) is 21.3 Å². The summed E-state index contributed by atoms with van der Waals surface area (Å²) in [6.07, 6.45) is 5.01. The van der Waals surface area contributed by atoms with Gasteiger partial charge in [-0.05, 0) is 78.4 Å². The van der Waals surface area contributed by atoms with Crippen LogP contribution in [0.5, 0.6) is 17.2 Å². The Hall–Kier alpha value is -4.05. The predicted molar refractivity (Wildman–Crippen MR) is 184 cm³/mol. The highest BCUT2D eigenvalue weighted by Gasteiger charge is 2.44. The fraction of sp³-hybridized carbons (Fsp3) is 0.361. The van der Waals surface area contributed by atoms with Crippen molar-refractivity contribution < 1.29 is 23.8 Å². The summed E-state index contributed by atoms with van der Waals surface area (Å²) >= 11 is 12.4. The number of rotatable bonds is 8. The van der Waals surface area contributed by atoms with E-state index in [1.54, 1.807) is 22.0 Å². The molecule has 3 aromatic carbocycles. The van der Waals surface area contributed by atoms with E-state index < -0.39 is 0 Å². The molecule has 1 aliphatic carbocycles. The molecule has 11 heteroatoms. The van der Waals surface area contributed by atoms with Gasteiger partial charge in [-0.25, -0.2) is 5.01 Å². The second-order valence-electron chi connectivity index (χ2n) is 11.9. The van der Waals surface area contributed by atoms with E-state index in [0.717, 1.165) is 41.7 Å². The van der Waals surface area contributed by atoms with Crippen LogP contribution in [0, 0.1) is 5.92 Å². The molecule has 0 N–H and O–H groups in total. The number of ether oxygens (including phenoxy) is 3. The zero-order valence-electron chi connectivity index (χ0n) is 26.7. The summed E-state index contributed by atoms with van der Waals surface area (Å²) in [5.74, 6) is 1.05. The van der Waals surface area contributed by atoms with Crippen LogP contribution < -0.4 is 14.2 Å². The molecular weight excluding hydrogens is 639 g/mol. The number of hydrazone groups is 1. The van der Waals surface area contributed by atoms with Gasteiger partial charge in [0.15, 0.2) is 11.5 Å². The zero-order valence-corrected chi connectivity index (χ0v) is 28.3. The van der Waals surface area contributed by atoms with Crippen molar-refractivity contribution in [2.75, 3.05) is 54.1 Å². The first kappa shape index (κ1) is 32.9. The summed E-state index contributed by atoms with van der Waals surface area (Å²) in [5.41, 5.74) is 4.59. The average Bonchev–Trinajstić information content (AvgIpc) is 3.49. The smallest absolute Gasteiger partial charge is 0.257 e. The Balaban J connectivity index is 1.19. The molecule has 2 amide bonds. The Morgan fingerprint density at radius 3 is 2.15 bits per heavy atom. The maximum atomic E-state index is 14.1. The van der Waals surface area contributed by atoms with Gasteiger partial charge in [0.25, 0.3) is 11.8 Å². The first-order valence-electron chi connectivity index (χ1n) is 15.7. The van der Waals surface area contributed by atoms with Gasteiger partial charge in [0.2, 0.25) is 5.75 Å². The van der Waals surface area contributed by atoms with E-state index in [0.29, 0.717) is 59.0 Å². The quantitative estimate of drug-likeness (QED) is 0.267. The van der Waals surface area contributed by atoms with Gasteiger partial charge >= 0.3 is 0 Å². The molecule has 246 valence electrons. The molecule has 2 fully saturated rings. The molecular formula is C36H38Cl2N4O5. The molecule has 47 heavy (non-hydrogen) atoms. The van der Waals surface area contributed by atoms with Crippen LogP contribution in [0.4, 0.5) is 0 Å². The van der Waals surface area contributed by atoms with Gasteiger partial charge < -0.3 is 19.1 Å². The SMILES string of the molecule is COc1ccc(C(=O)N2CCN(CC(=O)N3N=C4/C(=C\c5ccc(Cl)cc5)CCCC4C3c3ccc(Cl)cc3)CC2)c(OC)c1OC. The molecule has 2 heterocycles. The first-order chi connectivity index (χ1) is 22.8. The second kappa shape index (κ2) is 14.4. The number of amides is 2. The normalized spacial score (nSPS) is 20.5. The maximum Gasteiger partial charge on any atom is 0.257 e. The summed E-state index contributed by atoms with van der Waals surface area (Å²) in [4.78, 5) is 31.5. The third-order valence-electron chi connectivity index (χ3n) is 9.13. The number of halogens is 2. The number of carbonyl (C=O) groups is 2. The number of hydrogen-bond donors (Lipinski definition) is 0. The van der Waals surface area contributed by atoms with Crippen LogP contribution >= 0.6 is 23.2 Å². The number of fused-ring (bicyclic) bond motifs is 1. The standard InChI is InChI=1S/C36H38Cl2N4O5/c1-45-30-16-15-29(34(46-2)35(30)47-3)36(44)41-19-17-40(18-20-41)22-31(43)42-33(24-9-13-27(38)14-10-24)28-6-4-5-25(32(28)39-42)21-23-7-11-26(37)12-8-23/h7-16,21,28,33H,4-6,17-20,22H2,1-3H3/b25-21-. The number of nitrogens with zero attached hydrogens (tertiary/aromatic N) is 4. The Labute approximate surface area is 285 Å². The van der Waals surface area contributed by atoms with Crippen molar-refractivity contribution in [2.45, 2.75) is 25.3 Å². The van der Waals surface area contributed by atoms with Crippen molar-refractivity contribution >= 4 is 46.8 Å². The van der Waals surface area contributed by atoms with Crippen molar-refractivity contribution in [3.8, 4) is 17.2 Å². The Kier molecular flexibility index (Phi) is 10.1. The molecule has 0 spiro atoms. The summed E-state index contributed by atoms with van der Waals surface area (Å²) < 4.78 is 16.4. The third-order valence-corrected chi connectivity index (χ3v) is 9.64. The second-order valence-corrected chi connectivity index (χ2v) is 12.8. The van der Waals surface area contributed by atoms with Gasteiger partial charge in [0, 0.05) is 42.1 Å². The topological polar surface area (TPSA) is 83.9 Å². The lowest BCUT2D eigenvalue weighted by molar-refractivity contribution is -0.135. The fourth-order valence-corrected chi connectivity index (χ4v) is 7.03. The molecule has 3 aliphatic rings. The van der Waals surface area contributed by atoms with Gasteiger partial charge in [-0.3, -0.25) is 14.5 Å². The lowest BCUT2D eigenvalue weighted by Crippen LogP contribution is -2.51. The van der Waals surface area contributed by atoms with Crippen LogP contribution in [-0.4, -0.2) is 86.4 Å². The average molecular weight is 678 g/mol. The lowest BCUT2D eigenvalue weighted by atomic mass is 9.77. The van der Waals surface area contributed by atoms with Crippen molar-refractivity contribution in [3.63, 3.8) is 0 Å². The Morgan fingerprint density at radius 2 is 1.51 bits per heavy atom. The van der Waals surface area contributed by atoms with Crippen LogP contribution in [0.1, 0.15) is 46.8 Å². The van der Waals surface area contributed by atoms with Crippen molar-refractivity contribution in [1.29, 1.82) is 0 Å². The molecule has 6 rings (SSSR count). The minimum atomic E-state index is -0.218. The van der Waals surface area contributed by atoms with Crippen LogP contribution in [0.2, 0.25) is 10.0 Å². The lowest BCUT2D eigenvalue weighted by Gasteiger charge is -2.36. The van der Waals surface area contributed by atoms with E-state index in [4.69, 9.17) is 42.5 Å². The molecule has 3 aromatic rings. The first-order valence-corrected chi connectivity index (χ1v) is 16.5. The van der Waals surface area contributed by atoms with Crippen molar-refractivity contribution in [1.82, 2.24) is 14.8 Å². The van der Waals surface area contributed by atoms with E-state index in [2.05, 4.69) is 11.0 Å². The minimum Gasteiger partial charge on any atom is -0.493 e. The highest BCUT2D eigenvalue weighted by atomic mass is 35.5. The van der Waals surface area contributed by atoms with Crippen molar-refractivity contribution in [3.05, 3.63) is 93.0 Å². The number of piperazine rings is 1. The van der Waals surface area contributed by atoms with Crippen molar-refractivity contribution in [2.24, 2.45) is 11.0 Å². The van der Waals surface area contributed by atoms with Gasteiger partial charge in [0.1, 0.15) is 0 Å². The molecule has 2 atom stereocenters. The summed E-state index contributed by atoms with van der Waals surface area (Å²) in [6, 6.07) is 18.7. The highest BCUT2D eigenvalue weighted by Crippen LogP contribution is 2.45. The molecule has 0 radical (unpaired) electrons. The zero-order chi connectivity index (χ0) is 33.1. The minimum absolute atomic E-state index is 0.0703. The maximum absolute atomic E-state index is 14.1. The van der Waals surface area contributed by atoms with Gasteiger partial charge in [-0.1, -0.05) is 47.5 Å². The van der Waals surface area contributed by atoms with Gasteiger partial charge in [0.05, 0.1) is 45.2 Å². The number of hydrogen-bond acceptors (Lipinski definition) is 7. The predicted octanol–water partition coefficient (Wildman–Crippen LogP) is 6.60. The highest BCUT2D eigenvalue weighted by molar-refractivity contribution is 6.30. The van der Waals surface area contributed by atoms with E-state index in [9.17, 15) is 9.59 Å². The summed E-state index contributed by atoms with van der Waals surface area (Å²) in [7, 11) is 4.55. The molecule has 1 saturated carbocycles. The Morgan fingerprint density at radius 1 is 0.851 bits per heavy atom. The molecule has 9 nitrogen and oxygen atoms in total. The van der Waals surface area contributed by atoms with E-state index in [-0.39, 0.29) is 30.3 Å². The van der Waals surface area contributed by atoms with Gasteiger partial charge in [-0.2, -0.15) is 5.10 Å². The van der Waals surface area contributed by atoms with Crippen LogP contribution in [0.3, 0.4) is 0 Å². The van der Waals surface area contributed by atoms with Crippen LogP contribution in [0.15, 0.2) is 71.3 Å². The van der Waals surface area contributed by atoms with Crippen LogP contribution in [-0.2, 0) is 4.79 Å². The number of carbonyl (C=O) groups excluding carboxylic acids is 2. The number of methoxy groups -OCH3 is 3.